The van der Waals surface area contributed by atoms with Crippen molar-refractivity contribution < 1.29 is 4.79 Å². The number of hydrazone groups is 1. The van der Waals surface area contributed by atoms with Crippen molar-refractivity contribution in [2.45, 2.75) is 46.6 Å². The molecule has 0 saturated carbocycles. The van der Waals surface area contributed by atoms with Gasteiger partial charge in [0.2, 0.25) is 0 Å². The van der Waals surface area contributed by atoms with Gasteiger partial charge in [-0.05, 0) is 55.5 Å². The number of aryl methyl sites for hydroxylation is 1. The maximum atomic E-state index is 12.1. The molecule has 1 unspecified atom stereocenters. The molecule has 2 aromatic rings. The van der Waals surface area contributed by atoms with Gasteiger partial charge in [-0.15, -0.1) is 0 Å². The van der Waals surface area contributed by atoms with Crippen LogP contribution in [0.25, 0.3) is 6.08 Å². The number of anilines is 1. The lowest BCUT2D eigenvalue weighted by molar-refractivity contribution is -0.121. The largest absolute Gasteiger partial charge is 0.374 e. The van der Waals surface area contributed by atoms with Crippen molar-refractivity contribution in [3.05, 3.63) is 70.8 Å². The van der Waals surface area contributed by atoms with Crippen LogP contribution in [0.2, 0.25) is 0 Å². The topological polar surface area (TPSA) is 53.5 Å². The predicted octanol–water partition coefficient (Wildman–Crippen LogP) is 5.12. The Bertz CT molecular complexity index is 803. The fraction of sp³-hybridized carbons (Fsp3) is 0.304. The van der Waals surface area contributed by atoms with Gasteiger partial charge in [0, 0.05) is 5.69 Å². The first-order valence-electron chi connectivity index (χ1n) is 9.29. The molecule has 4 nitrogen and oxygen atoms in total. The number of hydrogen-bond acceptors (Lipinski definition) is 3. The first kappa shape index (κ1) is 20.4. The summed E-state index contributed by atoms with van der Waals surface area (Å²) in [7, 11) is 0. The highest BCUT2D eigenvalue weighted by Crippen LogP contribution is 2.16. The van der Waals surface area contributed by atoms with Crippen molar-refractivity contribution >= 4 is 23.9 Å². The lowest BCUT2D eigenvalue weighted by atomic mass is 10.0. The van der Waals surface area contributed by atoms with E-state index in [2.05, 4.69) is 54.0 Å². The number of hydrogen-bond donors (Lipinski definition) is 2. The van der Waals surface area contributed by atoms with Gasteiger partial charge in [-0.25, -0.2) is 5.43 Å². The molecule has 0 aliphatic carbocycles. The maximum Gasteiger partial charge on any atom is 0.262 e. The number of nitrogens with one attached hydrogen (secondary N) is 2. The number of carbonyl (C=O) groups is 1. The van der Waals surface area contributed by atoms with E-state index < -0.39 is 0 Å². The molecule has 2 rings (SSSR count). The van der Waals surface area contributed by atoms with Crippen molar-refractivity contribution in [3.63, 3.8) is 0 Å². The number of benzene rings is 2. The van der Waals surface area contributed by atoms with Crippen LogP contribution in [0.3, 0.4) is 0 Å². The molecule has 0 saturated heterocycles. The van der Waals surface area contributed by atoms with Gasteiger partial charge in [0.15, 0.2) is 0 Å². The van der Waals surface area contributed by atoms with E-state index in [9.17, 15) is 4.79 Å². The molecule has 1 atom stereocenters. The molecule has 0 radical (unpaired) electrons. The molecule has 0 aliphatic heterocycles. The summed E-state index contributed by atoms with van der Waals surface area (Å²) in [5.74, 6) is 0.345. The van der Waals surface area contributed by atoms with E-state index in [0.29, 0.717) is 5.92 Å². The summed E-state index contributed by atoms with van der Waals surface area (Å²) in [5, 5.41) is 7.22. The van der Waals surface area contributed by atoms with Gasteiger partial charge in [0.05, 0.1) is 6.21 Å². The highest BCUT2D eigenvalue weighted by Gasteiger charge is 2.11. The molecule has 0 spiro atoms. The molecule has 1 amide bonds. The van der Waals surface area contributed by atoms with E-state index in [4.69, 9.17) is 0 Å². The second kappa shape index (κ2) is 9.72. The van der Waals surface area contributed by atoms with Crippen LogP contribution in [0, 0.1) is 6.92 Å². The van der Waals surface area contributed by atoms with E-state index in [1.807, 2.05) is 51.1 Å². The zero-order chi connectivity index (χ0) is 19.8. The lowest BCUT2D eigenvalue weighted by Crippen LogP contribution is -2.34. The van der Waals surface area contributed by atoms with Crippen LogP contribution in [0.1, 0.15) is 50.3 Å². The Morgan fingerprint density at radius 2 is 1.63 bits per heavy atom. The Hall–Kier alpha value is -2.88. The Kier molecular flexibility index (Phi) is 7.35. The lowest BCUT2D eigenvalue weighted by Gasteiger charge is -2.13. The number of rotatable bonds is 7. The zero-order valence-electron chi connectivity index (χ0n) is 16.8. The van der Waals surface area contributed by atoms with Crippen LogP contribution in [0.5, 0.6) is 0 Å². The Morgan fingerprint density at radius 3 is 2.22 bits per heavy atom. The molecular weight excluding hydrogens is 334 g/mol. The van der Waals surface area contributed by atoms with E-state index in [-0.39, 0.29) is 11.9 Å². The summed E-state index contributed by atoms with van der Waals surface area (Å²) < 4.78 is 0. The monoisotopic (exact) mass is 363 g/mol. The van der Waals surface area contributed by atoms with Crippen molar-refractivity contribution in [3.8, 4) is 0 Å². The summed E-state index contributed by atoms with van der Waals surface area (Å²) in [6, 6.07) is 16.0. The molecule has 0 bridgehead atoms. The number of nitrogens with zero attached hydrogens (tertiary/aromatic N) is 1. The normalized spacial score (nSPS) is 13.0. The van der Waals surface area contributed by atoms with E-state index in [0.717, 1.165) is 16.8 Å². The van der Waals surface area contributed by atoms with Crippen molar-refractivity contribution in [2.75, 3.05) is 5.32 Å². The van der Waals surface area contributed by atoms with Crippen molar-refractivity contribution in [1.82, 2.24) is 5.43 Å². The molecule has 0 aliphatic rings. The third-order valence-electron chi connectivity index (χ3n) is 4.27. The van der Waals surface area contributed by atoms with E-state index >= 15 is 0 Å². The van der Waals surface area contributed by atoms with E-state index in [1.165, 1.54) is 11.1 Å². The Balaban J connectivity index is 1.87. The summed E-state index contributed by atoms with van der Waals surface area (Å²) in [6.45, 7) is 10.2. The van der Waals surface area contributed by atoms with Crippen molar-refractivity contribution in [2.24, 2.45) is 5.10 Å². The third-order valence-corrected chi connectivity index (χ3v) is 4.27. The summed E-state index contributed by atoms with van der Waals surface area (Å²) in [5.41, 5.74) is 8.08. The average molecular weight is 364 g/mol. The Morgan fingerprint density at radius 1 is 1.00 bits per heavy atom. The van der Waals surface area contributed by atoms with Gasteiger partial charge in [-0.3, -0.25) is 4.79 Å². The molecule has 4 heteroatoms. The molecule has 0 fully saturated rings. The van der Waals surface area contributed by atoms with Crippen LogP contribution >= 0.6 is 0 Å². The molecule has 2 aromatic carbocycles. The SMILES string of the molecule is CC(C=NNC(=O)C(C)Nc1ccc(C)cc1)=Cc1ccc(C(C)C)cc1. The zero-order valence-corrected chi connectivity index (χ0v) is 16.8. The minimum atomic E-state index is -0.377. The molecule has 0 heterocycles. The minimum Gasteiger partial charge on any atom is -0.374 e. The number of carbonyl (C=O) groups excluding carboxylic acids is 1. The highest BCUT2D eigenvalue weighted by atomic mass is 16.2. The average Bonchev–Trinajstić information content (AvgIpc) is 2.64. The van der Waals surface area contributed by atoms with Gasteiger partial charge < -0.3 is 5.32 Å². The highest BCUT2D eigenvalue weighted by molar-refractivity contribution is 5.88. The molecule has 142 valence electrons. The van der Waals surface area contributed by atoms with Crippen LogP contribution in [-0.4, -0.2) is 18.2 Å². The van der Waals surface area contributed by atoms with Gasteiger partial charge in [0.1, 0.15) is 6.04 Å². The van der Waals surface area contributed by atoms with Gasteiger partial charge >= 0.3 is 0 Å². The fourth-order valence-corrected chi connectivity index (χ4v) is 2.54. The first-order valence-corrected chi connectivity index (χ1v) is 9.29. The summed E-state index contributed by atoms with van der Waals surface area (Å²) >= 11 is 0. The Labute approximate surface area is 162 Å². The fourth-order valence-electron chi connectivity index (χ4n) is 2.54. The predicted molar refractivity (Wildman–Crippen MR) is 115 cm³/mol. The van der Waals surface area contributed by atoms with Gasteiger partial charge in [0.25, 0.3) is 5.91 Å². The second-order valence-electron chi connectivity index (χ2n) is 7.18. The van der Waals surface area contributed by atoms with Crippen LogP contribution < -0.4 is 10.7 Å². The quantitative estimate of drug-likeness (QED) is 0.529. The molecular formula is C23H29N3O. The standard InChI is InChI=1S/C23H29N3O/c1-16(2)21-10-8-20(9-11-21)14-18(4)15-24-26-23(27)19(5)25-22-12-6-17(3)7-13-22/h6-16,19,25H,1-5H3,(H,26,27). The molecule has 2 N–H and O–H groups in total. The summed E-state index contributed by atoms with van der Waals surface area (Å²) in [6.07, 6.45) is 3.70. The van der Waals surface area contributed by atoms with Gasteiger partial charge in [-0.1, -0.05) is 61.9 Å². The van der Waals surface area contributed by atoms with Crippen molar-refractivity contribution in [1.29, 1.82) is 0 Å². The van der Waals surface area contributed by atoms with Gasteiger partial charge in [-0.2, -0.15) is 5.10 Å². The van der Waals surface area contributed by atoms with Crippen LogP contribution in [-0.2, 0) is 4.79 Å². The van der Waals surface area contributed by atoms with Crippen LogP contribution in [0.4, 0.5) is 5.69 Å². The number of amides is 1. The molecule has 0 aromatic heterocycles. The van der Waals surface area contributed by atoms with E-state index in [1.54, 1.807) is 6.21 Å². The number of allylic oxidation sites excluding steroid dienone is 1. The minimum absolute atomic E-state index is 0.180. The second-order valence-corrected chi connectivity index (χ2v) is 7.18. The third kappa shape index (κ3) is 6.74. The smallest absolute Gasteiger partial charge is 0.262 e. The molecule has 27 heavy (non-hydrogen) atoms. The maximum absolute atomic E-state index is 12.1. The first-order chi connectivity index (χ1) is 12.8. The van der Waals surface area contributed by atoms with Crippen LogP contribution in [0.15, 0.2) is 59.2 Å². The summed E-state index contributed by atoms with van der Waals surface area (Å²) in [4.78, 5) is 12.1.